The van der Waals surface area contributed by atoms with Crippen molar-refractivity contribution in [3.05, 3.63) is 29.3 Å². The number of aromatic hydroxyl groups is 1. The Kier molecular flexibility index (Phi) is 2.31. The largest absolute Gasteiger partial charge is 0.508 e. The van der Waals surface area contributed by atoms with Gasteiger partial charge < -0.3 is 10.4 Å². The predicted octanol–water partition coefficient (Wildman–Crippen LogP) is 2.38. The molecular formula is C16H19NO2. The van der Waals surface area contributed by atoms with Crippen LogP contribution in [0.5, 0.6) is 5.75 Å². The van der Waals surface area contributed by atoms with Crippen molar-refractivity contribution in [1.82, 2.24) is 5.32 Å². The number of ketones is 1. The van der Waals surface area contributed by atoms with Crippen LogP contribution < -0.4 is 5.32 Å². The van der Waals surface area contributed by atoms with E-state index in [4.69, 9.17) is 0 Å². The van der Waals surface area contributed by atoms with Crippen molar-refractivity contribution in [3.63, 3.8) is 0 Å². The van der Waals surface area contributed by atoms with E-state index in [-0.39, 0.29) is 17.2 Å². The summed E-state index contributed by atoms with van der Waals surface area (Å²) in [4.78, 5) is 12.6. The number of phenols is 1. The van der Waals surface area contributed by atoms with Gasteiger partial charge in [0.25, 0.3) is 0 Å². The topological polar surface area (TPSA) is 49.3 Å². The minimum atomic E-state index is 0.00564. The third-order valence-corrected chi connectivity index (χ3v) is 5.52. The van der Waals surface area contributed by atoms with E-state index < -0.39 is 0 Å². The first kappa shape index (κ1) is 11.5. The molecule has 19 heavy (non-hydrogen) atoms. The van der Waals surface area contributed by atoms with Crippen LogP contribution in [0.1, 0.15) is 48.0 Å². The first-order valence-electron chi connectivity index (χ1n) is 7.33. The molecule has 0 spiro atoms. The first-order chi connectivity index (χ1) is 9.22. The van der Waals surface area contributed by atoms with Gasteiger partial charge in [-0.2, -0.15) is 0 Å². The van der Waals surface area contributed by atoms with E-state index in [0.29, 0.717) is 11.7 Å². The second-order valence-electron chi connectivity index (χ2n) is 6.28. The SMILES string of the molecule is O=C1c2ccc(O)cc2[C@]23CCCC[C@H]2[C@H]1NCC3. The van der Waals surface area contributed by atoms with Crippen molar-refractivity contribution in [2.24, 2.45) is 5.92 Å². The number of rotatable bonds is 0. The molecule has 100 valence electrons. The molecule has 0 unspecified atom stereocenters. The summed E-state index contributed by atoms with van der Waals surface area (Å²) in [5.74, 6) is 0.955. The second-order valence-corrected chi connectivity index (χ2v) is 6.28. The Morgan fingerprint density at radius 3 is 3.05 bits per heavy atom. The van der Waals surface area contributed by atoms with E-state index in [2.05, 4.69) is 5.32 Å². The molecule has 1 saturated heterocycles. The summed E-state index contributed by atoms with van der Waals surface area (Å²) in [6.07, 6.45) is 5.87. The van der Waals surface area contributed by atoms with Crippen molar-refractivity contribution in [3.8, 4) is 5.75 Å². The number of nitrogens with one attached hydrogen (secondary N) is 1. The number of fused-ring (bicyclic) bond motifs is 1. The molecule has 1 saturated carbocycles. The number of carbonyl (C=O) groups excluding carboxylic acids is 1. The summed E-state index contributed by atoms with van der Waals surface area (Å²) in [6.45, 7) is 0.919. The molecule has 0 aromatic heterocycles. The van der Waals surface area contributed by atoms with Gasteiger partial charge in [-0.05, 0) is 55.5 Å². The Morgan fingerprint density at radius 1 is 1.26 bits per heavy atom. The van der Waals surface area contributed by atoms with Crippen LogP contribution in [-0.4, -0.2) is 23.5 Å². The molecule has 3 atom stereocenters. The first-order valence-corrected chi connectivity index (χ1v) is 7.33. The van der Waals surface area contributed by atoms with Crippen LogP contribution in [0, 0.1) is 5.92 Å². The normalized spacial score (nSPS) is 36.5. The summed E-state index contributed by atoms with van der Waals surface area (Å²) >= 11 is 0. The molecule has 4 rings (SSSR count). The molecule has 3 heteroatoms. The fourth-order valence-corrected chi connectivity index (χ4v) is 4.73. The Balaban J connectivity index is 1.97. The van der Waals surface area contributed by atoms with Gasteiger partial charge in [0, 0.05) is 11.0 Å². The van der Waals surface area contributed by atoms with Crippen molar-refractivity contribution in [2.75, 3.05) is 6.54 Å². The van der Waals surface area contributed by atoms with Crippen LogP contribution in [-0.2, 0) is 5.41 Å². The third kappa shape index (κ3) is 1.39. The number of hydrogen-bond donors (Lipinski definition) is 2. The van der Waals surface area contributed by atoms with E-state index in [1.54, 1.807) is 6.07 Å². The summed E-state index contributed by atoms with van der Waals surface area (Å²) < 4.78 is 0. The molecule has 2 fully saturated rings. The van der Waals surface area contributed by atoms with Crippen LogP contribution in [0.25, 0.3) is 0 Å². The molecule has 0 radical (unpaired) electrons. The van der Waals surface area contributed by atoms with Crippen molar-refractivity contribution in [1.29, 1.82) is 0 Å². The molecule has 1 aliphatic heterocycles. The summed E-state index contributed by atoms with van der Waals surface area (Å²) in [5.41, 5.74) is 2.10. The lowest BCUT2D eigenvalue weighted by atomic mass is 9.52. The summed E-state index contributed by atoms with van der Waals surface area (Å²) in [5, 5.41) is 13.3. The van der Waals surface area contributed by atoms with Crippen LogP contribution in [0.3, 0.4) is 0 Å². The minimum absolute atomic E-state index is 0.00564. The molecule has 2 bridgehead atoms. The Bertz CT molecular complexity index is 550. The van der Waals surface area contributed by atoms with Gasteiger partial charge in [-0.1, -0.05) is 12.8 Å². The number of carbonyl (C=O) groups is 1. The Labute approximate surface area is 113 Å². The van der Waals surface area contributed by atoms with E-state index in [1.807, 2.05) is 12.1 Å². The zero-order valence-corrected chi connectivity index (χ0v) is 11.0. The average Bonchev–Trinajstić information content (AvgIpc) is 2.44. The highest BCUT2D eigenvalue weighted by atomic mass is 16.3. The number of hydrogen-bond acceptors (Lipinski definition) is 3. The van der Waals surface area contributed by atoms with Crippen LogP contribution in [0.2, 0.25) is 0 Å². The lowest BCUT2D eigenvalue weighted by Gasteiger charge is -2.55. The lowest BCUT2D eigenvalue weighted by molar-refractivity contribution is 0.0566. The molecule has 1 aromatic carbocycles. The van der Waals surface area contributed by atoms with Gasteiger partial charge in [0.05, 0.1) is 6.04 Å². The average molecular weight is 257 g/mol. The summed E-state index contributed by atoms with van der Waals surface area (Å²) in [6, 6.07) is 5.32. The zero-order valence-electron chi connectivity index (χ0n) is 11.0. The van der Waals surface area contributed by atoms with Crippen LogP contribution >= 0.6 is 0 Å². The molecule has 1 heterocycles. The van der Waals surface area contributed by atoms with E-state index in [0.717, 1.165) is 30.5 Å². The van der Waals surface area contributed by atoms with E-state index in [1.165, 1.54) is 19.3 Å². The van der Waals surface area contributed by atoms with E-state index in [9.17, 15) is 9.90 Å². The van der Waals surface area contributed by atoms with Gasteiger partial charge in [0.1, 0.15) is 5.75 Å². The maximum atomic E-state index is 12.6. The molecular weight excluding hydrogens is 238 g/mol. The third-order valence-electron chi connectivity index (χ3n) is 5.52. The molecule has 2 aliphatic carbocycles. The second kappa shape index (κ2) is 3.83. The maximum Gasteiger partial charge on any atom is 0.180 e. The predicted molar refractivity (Wildman–Crippen MR) is 72.5 cm³/mol. The minimum Gasteiger partial charge on any atom is -0.508 e. The highest BCUT2D eigenvalue weighted by Crippen LogP contribution is 2.54. The standard InChI is InChI=1S/C16H19NO2/c18-10-4-5-11-13(9-10)16-6-2-1-3-12(16)14(15(11)19)17-8-7-16/h4-5,9,12,14,17-18H,1-3,6-8H2/t12-,14+,16-/m0/s1. The molecule has 2 N–H and O–H groups in total. The quantitative estimate of drug-likeness (QED) is 0.750. The van der Waals surface area contributed by atoms with Crippen molar-refractivity contribution in [2.45, 2.75) is 43.6 Å². The highest BCUT2D eigenvalue weighted by Gasteiger charge is 2.54. The van der Waals surface area contributed by atoms with Crippen molar-refractivity contribution < 1.29 is 9.90 Å². The van der Waals surface area contributed by atoms with E-state index >= 15 is 0 Å². The number of Topliss-reactive ketones (excluding diaryl/α,β-unsaturated/α-hetero) is 1. The van der Waals surface area contributed by atoms with Gasteiger partial charge in [0.2, 0.25) is 0 Å². The zero-order chi connectivity index (χ0) is 13.0. The summed E-state index contributed by atoms with van der Waals surface area (Å²) in [7, 11) is 0. The lowest BCUT2D eigenvalue weighted by Crippen LogP contribution is -2.62. The van der Waals surface area contributed by atoms with Crippen molar-refractivity contribution >= 4 is 5.78 Å². The van der Waals surface area contributed by atoms with Gasteiger partial charge >= 0.3 is 0 Å². The van der Waals surface area contributed by atoms with Crippen LogP contribution in [0.4, 0.5) is 0 Å². The van der Waals surface area contributed by atoms with Gasteiger partial charge in [-0.25, -0.2) is 0 Å². The monoisotopic (exact) mass is 257 g/mol. The molecule has 1 aromatic rings. The van der Waals surface area contributed by atoms with Gasteiger partial charge in [-0.15, -0.1) is 0 Å². The van der Waals surface area contributed by atoms with Gasteiger partial charge in [-0.3, -0.25) is 4.79 Å². The fourth-order valence-electron chi connectivity index (χ4n) is 4.73. The van der Waals surface area contributed by atoms with Crippen LogP contribution in [0.15, 0.2) is 18.2 Å². The smallest absolute Gasteiger partial charge is 0.180 e. The molecule has 3 nitrogen and oxygen atoms in total. The molecule has 3 aliphatic rings. The highest BCUT2D eigenvalue weighted by molar-refractivity contribution is 6.03. The Morgan fingerprint density at radius 2 is 2.16 bits per heavy atom. The number of phenolic OH excluding ortho intramolecular Hbond substituents is 1. The van der Waals surface area contributed by atoms with Gasteiger partial charge in [0.15, 0.2) is 5.78 Å². The number of benzene rings is 1. The number of piperidine rings is 1. The maximum absolute atomic E-state index is 12.6. The molecule has 0 amide bonds. The fraction of sp³-hybridized carbons (Fsp3) is 0.562. The Hall–Kier alpha value is -1.35.